The van der Waals surface area contributed by atoms with E-state index in [1.165, 1.54) is 12.1 Å². The number of hydrogen-bond acceptors (Lipinski definition) is 4. The van der Waals surface area contributed by atoms with Gasteiger partial charge in [0.25, 0.3) is 15.9 Å². The van der Waals surface area contributed by atoms with Gasteiger partial charge in [0.15, 0.2) is 0 Å². The van der Waals surface area contributed by atoms with Crippen LogP contribution in [0.2, 0.25) is 0 Å². The van der Waals surface area contributed by atoms with E-state index in [4.69, 9.17) is 4.74 Å². The lowest BCUT2D eigenvalue weighted by molar-refractivity contribution is 0.102. The van der Waals surface area contributed by atoms with Crippen molar-refractivity contribution in [2.24, 2.45) is 5.92 Å². The van der Waals surface area contributed by atoms with E-state index in [1.54, 1.807) is 42.5 Å². The van der Waals surface area contributed by atoms with E-state index in [2.05, 4.69) is 39.8 Å². The maximum absolute atomic E-state index is 12.7. The summed E-state index contributed by atoms with van der Waals surface area (Å²) in [6.45, 7) is 8.60. The van der Waals surface area contributed by atoms with Crippen LogP contribution in [0.25, 0.3) is 0 Å². The molecule has 0 heterocycles. The molecule has 0 saturated carbocycles. The number of amides is 1. The Kier molecular flexibility index (Phi) is 7.81. The molecule has 0 spiro atoms. The number of carbonyl (C=O) groups excluding carboxylic acids is 1. The van der Waals surface area contributed by atoms with Gasteiger partial charge >= 0.3 is 0 Å². The van der Waals surface area contributed by atoms with Crippen LogP contribution in [0.15, 0.2) is 70.0 Å². The lowest BCUT2D eigenvalue weighted by Gasteiger charge is -2.12. The summed E-state index contributed by atoms with van der Waals surface area (Å²) in [7, 11) is -3.75. The zero-order chi connectivity index (χ0) is 24.2. The number of hydrogen-bond donors (Lipinski definition) is 2. The lowest BCUT2D eigenvalue weighted by Crippen LogP contribution is -2.14. The van der Waals surface area contributed by atoms with Crippen LogP contribution in [0, 0.1) is 19.8 Å². The van der Waals surface area contributed by atoms with E-state index in [0.717, 1.165) is 11.1 Å². The lowest BCUT2D eigenvalue weighted by atomic mass is 10.1. The van der Waals surface area contributed by atoms with Crippen molar-refractivity contribution >= 4 is 43.2 Å². The minimum absolute atomic E-state index is 0.105. The van der Waals surface area contributed by atoms with Crippen LogP contribution in [-0.2, 0) is 10.0 Å². The largest absolute Gasteiger partial charge is 0.492 e. The third-order valence-electron chi connectivity index (χ3n) is 4.95. The molecule has 174 valence electrons. The molecule has 3 aromatic rings. The van der Waals surface area contributed by atoms with Gasteiger partial charge in [-0.1, -0.05) is 19.9 Å². The van der Waals surface area contributed by atoms with Gasteiger partial charge in [0.2, 0.25) is 0 Å². The van der Waals surface area contributed by atoms with Gasteiger partial charge in [-0.3, -0.25) is 9.52 Å². The summed E-state index contributed by atoms with van der Waals surface area (Å²) in [5.74, 6) is 0.754. The third-order valence-corrected chi connectivity index (χ3v) is 6.96. The highest BCUT2D eigenvalue weighted by atomic mass is 79.9. The topological polar surface area (TPSA) is 84.5 Å². The van der Waals surface area contributed by atoms with Gasteiger partial charge < -0.3 is 10.1 Å². The van der Waals surface area contributed by atoms with E-state index >= 15 is 0 Å². The van der Waals surface area contributed by atoms with Crippen LogP contribution in [0.1, 0.15) is 35.3 Å². The number of ether oxygens (including phenoxy) is 1. The molecular formula is C25H27BrN2O4S. The van der Waals surface area contributed by atoms with Crippen LogP contribution >= 0.6 is 15.9 Å². The maximum Gasteiger partial charge on any atom is 0.261 e. The standard InChI is InChI=1S/C25H27BrN2O4S/c1-16(2)15-32-24-12-6-19(14-23(24)26)25(29)27-20-8-10-22(11-9-20)33(30,31)28-21-7-5-17(3)18(4)13-21/h5-14,16,28H,15H2,1-4H3,(H,27,29). The predicted molar refractivity (Wildman–Crippen MR) is 136 cm³/mol. The number of sulfonamides is 1. The van der Waals surface area contributed by atoms with Gasteiger partial charge in [0.1, 0.15) is 5.75 Å². The van der Waals surface area contributed by atoms with Gasteiger partial charge in [-0.15, -0.1) is 0 Å². The van der Waals surface area contributed by atoms with Crippen molar-refractivity contribution in [2.75, 3.05) is 16.6 Å². The zero-order valence-corrected chi connectivity index (χ0v) is 21.4. The number of rotatable bonds is 8. The Morgan fingerprint density at radius 2 is 1.61 bits per heavy atom. The van der Waals surface area contributed by atoms with E-state index < -0.39 is 10.0 Å². The molecule has 0 saturated heterocycles. The molecule has 0 unspecified atom stereocenters. The highest BCUT2D eigenvalue weighted by Crippen LogP contribution is 2.27. The van der Waals surface area contributed by atoms with E-state index in [0.29, 0.717) is 39.7 Å². The number of aryl methyl sites for hydroxylation is 2. The normalized spacial score (nSPS) is 11.3. The Balaban J connectivity index is 1.68. The minimum Gasteiger partial charge on any atom is -0.492 e. The summed E-state index contributed by atoms with van der Waals surface area (Å²) in [5, 5.41) is 2.78. The number of benzene rings is 3. The molecule has 3 rings (SSSR count). The Morgan fingerprint density at radius 3 is 2.21 bits per heavy atom. The highest BCUT2D eigenvalue weighted by Gasteiger charge is 2.15. The second kappa shape index (κ2) is 10.4. The second-order valence-electron chi connectivity index (χ2n) is 8.23. The molecule has 0 aliphatic carbocycles. The average Bonchev–Trinajstić information content (AvgIpc) is 2.75. The Bertz CT molecular complexity index is 1260. The first-order chi connectivity index (χ1) is 15.5. The molecule has 0 aliphatic rings. The Hall–Kier alpha value is -2.84. The van der Waals surface area contributed by atoms with Gasteiger partial charge in [-0.25, -0.2) is 8.42 Å². The van der Waals surface area contributed by atoms with Crippen LogP contribution in [-0.4, -0.2) is 20.9 Å². The first-order valence-corrected chi connectivity index (χ1v) is 12.8. The fraction of sp³-hybridized carbons (Fsp3) is 0.240. The molecule has 6 nitrogen and oxygen atoms in total. The Labute approximate surface area is 203 Å². The fourth-order valence-corrected chi connectivity index (χ4v) is 4.50. The van der Waals surface area contributed by atoms with Crippen molar-refractivity contribution in [3.63, 3.8) is 0 Å². The molecule has 0 aliphatic heterocycles. The van der Waals surface area contributed by atoms with Crippen molar-refractivity contribution in [3.8, 4) is 5.75 Å². The molecule has 2 N–H and O–H groups in total. The van der Waals surface area contributed by atoms with Crippen LogP contribution in [0.3, 0.4) is 0 Å². The van der Waals surface area contributed by atoms with E-state index in [1.807, 2.05) is 19.9 Å². The second-order valence-corrected chi connectivity index (χ2v) is 10.8. The van der Waals surface area contributed by atoms with Crippen molar-refractivity contribution in [1.82, 2.24) is 0 Å². The number of carbonyl (C=O) groups is 1. The van der Waals surface area contributed by atoms with E-state index in [-0.39, 0.29) is 10.8 Å². The smallest absolute Gasteiger partial charge is 0.261 e. The number of nitrogens with one attached hydrogen (secondary N) is 2. The maximum atomic E-state index is 12.7. The third kappa shape index (κ3) is 6.58. The van der Waals surface area contributed by atoms with Crippen LogP contribution < -0.4 is 14.8 Å². The minimum atomic E-state index is -3.75. The summed E-state index contributed by atoms with van der Waals surface area (Å²) < 4.78 is 34.4. The van der Waals surface area contributed by atoms with Crippen molar-refractivity contribution in [1.29, 1.82) is 0 Å². The molecule has 0 bridgehead atoms. The van der Waals surface area contributed by atoms with Crippen molar-refractivity contribution in [3.05, 3.63) is 81.8 Å². The monoisotopic (exact) mass is 530 g/mol. The molecule has 8 heteroatoms. The van der Waals surface area contributed by atoms with Crippen LogP contribution in [0.4, 0.5) is 11.4 Å². The summed E-state index contributed by atoms with van der Waals surface area (Å²) in [6, 6.07) is 16.5. The van der Waals surface area contributed by atoms with Crippen molar-refractivity contribution in [2.45, 2.75) is 32.6 Å². The van der Waals surface area contributed by atoms with E-state index in [9.17, 15) is 13.2 Å². The summed E-state index contributed by atoms with van der Waals surface area (Å²) >= 11 is 3.44. The number of anilines is 2. The molecule has 0 fully saturated rings. The predicted octanol–water partition coefficient (Wildman–Crippen LogP) is 6.15. The highest BCUT2D eigenvalue weighted by molar-refractivity contribution is 9.10. The molecular weight excluding hydrogens is 504 g/mol. The quantitative estimate of drug-likeness (QED) is 0.365. The van der Waals surface area contributed by atoms with Gasteiger partial charge in [-0.2, -0.15) is 0 Å². The van der Waals surface area contributed by atoms with Crippen LogP contribution in [0.5, 0.6) is 5.75 Å². The SMILES string of the molecule is Cc1ccc(NS(=O)(=O)c2ccc(NC(=O)c3ccc(OCC(C)C)c(Br)c3)cc2)cc1C. The fourth-order valence-electron chi connectivity index (χ4n) is 2.96. The molecule has 33 heavy (non-hydrogen) atoms. The summed E-state index contributed by atoms with van der Waals surface area (Å²) in [5.41, 5.74) is 3.53. The summed E-state index contributed by atoms with van der Waals surface area (Å²) in [4.78, 5) is 12.7. The molecule has 1 amide bonds. The average molecular weight is 531 g/mol. The first-order valence-electron chi connectivity index (χ1n) is 10.5. The Morgan fingerprint density at radius 1 is 0.939 bits per heavy atom. The van der Waals surface area contributed by atoms with Gasteiger partial charge in [-0.05, 0) is 101 Å². The molecule has 0 aromatic heterocycles. The number of halogens is 1. The first kappa shape index (κ1) is 24.8. The summed E-state index contributed by atoms with van der Waals surface area (Å²) in [6.07, 6.45) is 0. The zero-order valence-electron chi connectivity index (χ0n) is 19.0. The van der Waals surface area contributed by atoms with Gasteiger partial charge in [0, 0.05) is 16.9 Å². The van der Waals surface area contributed by atoms with Gasteiger partial charge in [0.05, 0.1) is 16.0 Å². The molecule has 0 atom stereocenters. The molecule has 0 radical (unpaired) electrons. The molecule has 3 aromatic carbocycles. The van der Waals surface area contributed by atoms with Crippen molar-refractivity contribution < 1.29 is 17.9 Å².